The number of aliphatic hydroxyl groups is 1. The lowest BCUT2D eigenvalue weighted by Crippen LogP contribution is -2.29. The number of pyridine rings is 1. The molecule has 1 N–H and O–H groups in total. The first-order valence-electron chi connectivity index (χ1n) is 10.2. The number of ketones is 1. The maximum absolute atomic E-state index is 13.1. The van der Waals surface area contributed by atoms with E-state index < -0.39 is 17.7 Å². The van der Waals surface area contributed by atoms with Crippen molar-refractivity contribution in [3.63, 3.8) is 0 Å². The second-order valence-electron chi connectivity index (χ2n) is 7.59. The quantitative estimate of drug-likeness (QED) is 0.383. The first-order valence-corrected chi connectivity index (χ1v) is 10.2. The van der Waals surface area contributed by atoms with Gasteiger partial charge in [0, 0.05) is 24.5 Å². The number of furan rings is 1. The van der Waals surface area contributed by atoms with Crippen LogP contribution in [-0.2, 0) is 16.1 Å². The monoisotopic (exact) mass is 432 g/mol. The average Bonchev–Trinajstić information content (AvgIpc) is 3.35. The molecule has 0 aliphatic carbocycles. The molecule has 0 bridgehead atoms. The van der Waals surface area contributed by atoms with Gasteiger partial charge in [0.1, 0.15) is 36.5 Å². The number of likely N-dealkylation sites (tertiary alicyclic amines) is 1. The van der Waals surface area contributed by atoms with Gasteiger partial charge in [0.05, 0.1) is 5.57 Å². The summed E-state index contributed by atoms with van der Waals surface area (Å²) in [5.41, 5.74) is 1.12. The molecule has 1 atom stereocenters. The van der Waals surface area contributed by atoms with Crippen LogP contribution in [0.25, 0.3) is 5.76 Å². The minimum absolute atomic E-state index is 0.0323. The van der Waals surface area contributed by atoms with Crippen LogP contribution >= 0.6 is 0 Å². The zero-order valence-electron chi connectivity index (χ0n) is 17.3. The van der Waals surface area contributed by atoms with E-state index in [-0.39, 0.29) is 17.9 Å². The van der Waals surface area contributed by atoms with Gasteiger partial charge in [0.2, 0.25) is 0 Å². The van der Waals surface area contributed by atoms with Crippen molar-refractivity contribution < 1.29 is 28.6 Å². The number of hydrogen-bond donors (Lipinski definition) is 1. The van der Waals surface area contributed by atoms with Crippen molar-refractivity contribution in [1.29, 1.82) is 0 Å². The molecule has 1 unspecified atom stereocenters. The molecule has 1 amide bonds. The third-order valence-electron chi connectivity index (χ3n) is 5.49. The van der Waals surface area contributed by atoms with Gasteiger partial charge in [-0.3, -0.25) is 14.6 Å². The molecule has 2 aliphatic rings. The van der Waals surface area contributed by atoms with Gasteiger partial charge in [-0.15, -0.1) is 0 Å². The van der Waals surface area contributed by atoms with E-state index in [9.17, 15) is 14.7 Å². The summed E-state index contributed by atoms with van der Waals surface area (Å²) in [4.78, 5) is 31.5. The van der Waals surface area contributed by atoms with Crippen molar-refractivity contribution in [2.24, 2.45) is 0 Å². The number of ether oxygens (including phenoxy) is 2. The highest BCUT2D eigenvalue weighted by molar-refractivity contribution is 6.46. The smallest absolute Gasteiger partial charge is 0.296 e. The van der Waals surface area contributed by atoms with Gasteiger partial charge in [-0.2, -0.15) is 0 Å². The Morgan fingerprint density at radius 3 is 2.53 bits per heavy atom. The summed E-state index contributed by atoms with van der Waals surface area (Å²) in [6.45, 7) is 2.77. The maximum Gasteiger partial charge on any atom is 0.296 e. The molecule has 1 fully saturated rings. The maximum atomic E-state index is 13.1. The van der Waals surface area contributed by atoms with Gasteiger partial charge in [-0.1, -0.05) is 0 Å². The lowest BCUT2D eigenvalue weighted by Gasteiger charge is -2.23. The highest BCUT2D eigenvalue weighted by Crippen LogP contribution is 2.42. The number of carbonyl (C=O) groups is 2. The number of nitrogens with zero attached hydrogens (tertiary/aromatic N) is 2. The van der Waals surface area contributed by atoms with Crippen LogP contribution in [0, 0.1) is 6.92 Å². The summed E-state index contributed by atoms with van der Waals surface area (Å²) in [5.74, 6) is 0.284. The Balaban J connectivity index is 1.62. The van der Waals surface area contributed by atoms with Crippen molar-refractivity contribution in [3.8, 4) is 11.5 Å². The molecule has 1 saturated heterocycles. The summed E-state index contributed by atoms with van der Waals surface area (Å²) in [6.07, 6.45) is 3.24. The third kappa shape index (κ3) is 3.39. The topological polar surface area (TPSA) is 102 Å². The number of hydrogen-bond acceptors (Lipinski definition) is 7. The Morgan fingerprint density at radius 2 is 1.81 bits per heavy atom. The molecule has 1 aromatic carbocycles. The Kier molecular flexibility index (Phi) is 4.89. The third-order valence-corrected chi connectivity index (χ3v) is 5.49. The van der Waals surface area contributed by atoms with Crippen molar-refractivity contribution >= 4 is 17.4 Å². The van der Waals surface area contributed by atoms with Crippen molar-refractivity contribution in [3.05, 3.63) is 83.1 Å². The van der Waals surface area contributed by atoms with Crippen LogP contribution in [0.15, 0.2) is 64.8 Å². The van der Waals surface area contributed by atoms with E-state index in [1.807, 2.05) is 0 Å². The first-order chi connectivity index (χ1) is 15.5. The van der Waals surface area contributed by atoms with Gasteiger partial charge in [-0.25, -0.2) is 0 Å². The predicted octanol–water partition coefficient (Wildman–Crippen LogP) is 3.38. The number of aliphatic hydroxyl groups excluding tert-OH is 1. The minimum atomic E-state index is -0.870. The second kappa shape index (κ2) is 7.88. The number of aryl methyl sites for hydroxylation is 1. The lowest BCUT2D eigenvalue weighted by molar-refractivity contribution is -0.140. The average molecular weight is 432 g/mol. The van der Waals surface area contributed by atoms with Crippen LogP contribution in [0.5, 0.6) is 11.5 Å². The number of benzene rings is 1. The van der Waals surface area contributed by atoms with Gasteiger partial charge in [-0.05, 0) is 55.0 Å². The zero-order chi connectivity index (χ0) is 22.2. The van der Waals surface area contributed by atoms with Crippen molar-refractivity contribution in [2.75, 3.05) is 13.2 Å². The Hall–Kier alpha value is -4.07. The molecule has 5 rings (SSSR count). The summed E-state index contributed by atoms with van der Waals surface area (Å²) in [5, 5.41) is 11.2. The molecule has 32 heavy (non-hydrogen) atoms. The number of amides is 1. The van der Waals surface area contributed by atoms with Gasteiger partial charge in [0.25, 0.3) is 11.7 Å². The van der Waals surface area contributed by atoms with E-state index in [0.29, 0.717) is 41.8 Å². The number of carbonyl (C=O) groups excluding carboxylic acids is 2. The van der Waals surface area contributed by atoms with Crippen LogP contribution in [0.2, 0.25) is 0 Å². The SMILES string of the molecule is Cc1ccc(C2/C(=C(/O)c3ccc4c(c3)OCCO4)C(=O)C(=O)N2Cc2ccncc2)o1. The normalized spacial score (nSPS) is 19.4. The van der Waals surface area contributed by atoms with E-state index in [1.165, 1.54) is 4.90 Å². The van der Waals surface area contributed by atoms with E-state index in [2.05, 4.69) is 4.98 Å². The molecular formula is C24H20N2O6. The molecule has 3 aromatic rings. The molecule has 4 heterocycles. The molecule has 8 nitrogen and oxygen atoms in total. The van der Waals surface area contributed by atoms with Crippen LogP contribution in [0.3, 0.4) is 0 Å². The van der Waals surface area contributed by atoms with E-state index >= 15 is 0 Å². The van der Waals surface area contributed by atoms with Crippen LogP contribution in [0.4, 0.5) is 0 Å². The largest absolute Gasteiger partial charge is 0.507 e. The predicted molar refractivity (Wildman–Crippen MR) is 113 cm³/mol. The highest BCUT2D eigenvalue weighted by Gasteiger charge is 2.47. The van der Waals surface area contributed by atoms with Gasteiger partial charge in [0.15, 0.2) is 11.5 Å². The Bertz CT molecular complexity index is 1230. The van der Waals surface area contributed by atoms with Gasteiger partial charge < -0.3 is 23.9 Å². The van der Waals surface area contributed by atoms with Crippen LogP contribution in [-0.4, -0.2) is 39.9 Å². The molecule has 2 aromatic heterocycles. The molecule has 0 spiro atoms. The number of rotatable bonds is 4. The molecular weight excluding hydrogens is 412 g/mol. The molecule has 8 heteroatoms. The number of Topliss-reactive ketones (excluding diaryl/α,β-unsaturated/α-hetero) is 1. The highest BCUT2D eigenvalue weighted by atomic mass is 16.6. The standard InChI is InChI=1S/C24H20N2O6/c1-14-2-4-18(32-14)21-20(22(27)16-3-5-17-19(12-16)31-11-10-30-17)23(28)24(29)26(21)13-15-6-8-25-9-7-15/h2-9,12,21,27H,10-11,13H2,1H3/b22-20-. The van der Waals surface area contributed by atoms with Crippen molar-refractivity contribution in [1.82, 2.24) is 9.88 Å². The van der Waals surface area contributed by atoms with E-state index in [0.717, 1.165) is 5.56 Å². The summed E-state index contributed by atoms with van der Waals surface area (Å²) >= 11 is 0. The summed E-state index contributed by atoms with van der Waals surface area (Å²) < 4.78 is 16.9. The minimum Gasteiger partial charge on any atom is -0.507 e. The van der Waals surface area contributed by atoms with Crippen LogP contribution in [0.1, 0.15) is 28.7 Å². The van der Waals surface area contributed by atoms with E-state index in [4.69, 9.17) is 13.9 Å². The first kappa shape index (κ1) is 19.9. The van der Waals surface area contributed by atoms with E-state index in [1.54, 1.807) is 61.8 Å². The zero-order valence-corrected chi connectivity index (χ0v) is 17.3. The van der Waals surface area contributed by atoms with Crippen LogP contribution < -0.4 is 9.47 Å². The number of aromatic nitrogens is 1. The molecule has 2 aliphatic heterocycles. The van der Waals surface area contributed by atoms with Gasteiger partial charge >= 0.3 is 0 Å². The molecule has 0 saturated carbocycles. The fourth-order valence-electron chi connectivity index (χ4n) is 3.97. The second-order valence-corrected chi connectivity index (χ2v) is 7.59. The fourth-order valence-corrected chi connectivity index (χ4v) is 3.97. The summed E-state index contributed by atoms with van der Waals surface area (Å²) in [7, 11) is 0. The Labute approximate surface area is 183 Å². The lowest BCUT2D eigenvalue weighted by atomic mass is 9.99. The molecule has 0 radical (unpaired) electrons. The fraction of sp³-hybridized carbons (Fsp3) is 0.208. The number of fused-ring (bicyclic) bond motifs is 1. The van der Waals surface area contributed by atoms with Crippen molar-refractivity contribution in [2.45, 2.75) is 19.5 Å². The summed E-state index contributed by atoms with van der Waals surface area (Å²) in [6, 6.07) is 11.0. The Morgan fingerprint density at radius 1 is 1.06 bits per heavy atom. The molecule has 162 valence electrons.